The lowest BCUT2D eigenvalue weighted by atomic mass is 9.99. The Morgan fingerprint density at radius 2 is 1.66 bits per heavy atom. The van der Waals surface area contributed by atoms with E-state index in [0.717, 1.165) is 22.4 Å². The second kappa shape index (κ2) is 9.09. The predicted octanol–water partition coefficient (Wildman–Crippen LogP) is 7.62. The average molecular weight is 553 g/mol. The summed E-state index contributed by atoms with van der Waals surface area (Å²) in [6.07, 6.45) is -9.75. The van der Waals surface area contributed by atoms with Crippen LogP contribution in [0.1, 0.15) is 16.8 Å². The monoisotopic (exact) mass is 552 g/mol. The first-order valence-electron chi connectivity index (χ1n) is 10.9. The van der Waals surface area contributed by atoms with Gasteiger partial charge in [-0.15, -0.1) is 0 Å². The molecule has 5 rings (SSSR count). The summed E-state index contributed by atoms with van der Waals surface area (Å²) >= 11 is 5.84. The molecule has 0 saturated heterocycles. The van der Waals surface area contributed by atoms with Crippen LogP contribution in [0.4, 0.5) is 26.3 Å². The standard InChI is InChI=1S/C26H15ClF6N2O3/c1-35-17(11-19(34-35)25(28,29)30)14-8-10-18(37-12-13-5-3-2-4-6-13)20-15-7-9-16(27)22(26(31,32)33)21(15)24(36)38-23(14)20/h2-11H,12H2,1H3. The van der Waals surface area contributed by atoms with Crippen LogP contribution >= 0.6 is 11.6 Å². The molecular formula is C26H15ClF6N2O3. The van der Waals surface area contributed by atoms with Gasteiger partial charge in [-0.05, 0) is 29.8 Å². The first kappa shape index (κ1) is 25.7. The first-order chi connectivity index (χ1) is 17.9. The lowest BCUT2D eigenvalue weighted by molar-refractivity contribution is -0.141. The molecule has 0 N–H and O–H groups in total. The molecule has 0 saturated carbocycles. The van der Waals surface area contributed by atoms with E-state index < -0.39 is 39.6 Å². The van der Waals surface area contributed by atoms with Gasteiger partial charge in [0.05, 0.1) is 27.1 Å². The number of fused-ring (bicyclic) bond motifs is 3. The van der Waals surface area contributed by atoms with Crippen LogP contribution in [0.25, 0.3) is 33.0 Å². The number of alkyl halides is 6. The maximum absolute atomic E-state index is 13.9. The molecule has 0 bridgehead atoms. The zero-order valence-electron chi connectivity index (χ0n) is 19.2. The Kier molecular flexibility index (Phi) is 6.13. The van der Waals surface area contributed by atoms with Crippen molar-refractivity contribution < 1.29 is 35.5 Å². The lowest BCUT2D eigenvalue weighted by Gasteiger charge is -2.16. The van der Waals surface area contributed by atoms with E-state index >= 15 is 0 Å². The van der Waals surface area contributed by atoms with Gasteiger partial charge in [0, 0.05) is 18.0 Å². The van der Waals surface area contributed by atoms with Crippen LogP contribution in [0.3, 0.4) is 0 Å². The van der Waals surface area contributed by atoms with Gasteiger partial charge in [0.25, 0.3) is 0 Å². The zero-order valence-corrected chi connectivity index (χ0v) is 20.0. The third-order valence-corrected chi connectivity index (χ3v) is 6.22. The summed E-state index contributed by atoms with van der Waals surface area (Å²) in [5, 5.41) is 1.73. The lowest BCUT2D eigenvalue weighted by Crippen LogP contribution is -2.13. The molecule has 0 aliphatic rings. The van der Waals surface area contributed by atoms with Crippen molar-refractivity contribution in [2.24, 2.45) is 7.05 Å². The molecule has 0 aliphatic heterocycles. The summed E-state index contributed by atoms with van der Waals surface area (Å²) in [4.78, 5) is 13.0. The van der Waals surface area contributed by atoms with E-state index in [9.17, 15) is 31.1 Å². The van der Waals surface area contributed by atoms with Gasteiger partial charge in [-0.25, -0.2) is 4.79 Å². The van der Waals surface area contributed by atoms with Gasteiger partial charge in [0.1, 0.15) is 12.4 Å². The fraction of sp³-hybridized carbons (Fsp3) is 0.154. The minimum absolute atomic E-state index is 0.0000646. The minimum Gasteiger partial charge on any atom is -0.488 e. The first-order valence-corrected chi connectivity index (χ1v) is 11.3. The van der Waals surface area contributed by atoms with Crippen molar-refractivity contribution in [3.63, 3.8) is 0 Å². The maximum Gasteiger partial charge on any atom is 0.435 e. The number of hydrogen-bond donors (Lipinski definition) is 0. The van der Waals surface area contributed by atoms with Crippen molar-refractivity contribution in [2.75, 3.05) is 0 Å². The number of aromatic nitrogens is 2. The van der Waals surface area contributed by atoms with Crippen LogP contribution in [0, 0.1) is 0 Å². The summed E-state index contributed by atoms with van der Waals surface area (Å²) in [6, 6.07) is 14.6. The molecule has 38 heavy (non-hydrogen) atoms. The predicted molar refractivity (Wildman–Crippen MR) is 128 cm³/mol. The van der Waals surface area contributed by atoms with Gasteiger partial charge in [0.2, 0.25) is 0 Å². The quantitative estimate of drug-likeness (QED) is 0.131. The van der Waals surface area contributed by atoms with Crippen molar-refractivity contribution in [1.29, 1.82) is 0 Å². The van der Waals surface area contributed by atoms with Crippen LogP contribution in [0.5, 0.6) is 5.75 Å². The Morgan fingerprint density at radius 1 is 0.947 bits per heavy atom. The molecule has 5 nitrogen and oxygen atoms in total. The van der Waals surface area contributed by atoms with Crippen LogP contribution in [-0.4, -0.2) is 9.78 Å². The molecular weight excluding hydrogens is 538 g/mol. The van der Waals surface area contributed by atoms with Gasteiger partial charge >= 0.3 is 18.0 Å². The maximum atomic E-state index is 13.9. The Balaban J connectivity index is 1.84. The molecule has 3 aromatic carbocycles. The highest BCUT2D eigenvalue weighted by atomic mass is 35.5. The molecule has 2 heterocycles. The number of nitrogens with zero attached hydrogens (tertiary/aromatic N) is 2. The average Bonchev–Trinajstić information content (AvgIpc) is 3.24. The number of ether oxygens (including phenoxy) is 1. The van der Waals surface area contributed by atoms with Gasteiger partial charge in [-0.1, -0.05) is 48.0 Å². The highest BCUT2D eigenvalue weighted by molar-refractivity contribution is 6.33. The van der Waals surface area contributed by atoms with E-state index in [1.54, 1.807) is 30.3 Å². The Bertz CT molecular complexity index is 1740. The van der Waals surface area contributed by atoms with Crippen LogP contribution in [0.15, 0.2) is 69.9 Å². The minimum atomic E-state index is -4.99. The smallest absolute Gasteiger partial charge is 0.435 e. The van der Waals surface area contributed by atoms with Crippen LogP contribution < -0.4 is 10.4 Å². The topological polar surface area (TPSA) is 57.3 Å². The summed E-state index contributed by atoms with van der Waals surface area (Å²) in [6.45, 7) is 0.0134. The summed E-state index contributed by atoms with van der Waals surface area (Å²) in [5.74, 6) is 0.0509. The molecule has 5 aromatic rings. The van der Waals surface area contributed by atoms with E-state index in [2.05, 4.69) is 5.10 Å². The molecule has 0 atom stereocenters. The number of rotatable bonds is 4. The summed E-state index contributed by atoms with van der Waals surface area (Å²) in [7, 11) is 1.26. The van der Waals surface area contributed by atoms with E-state index in [4.69, 9.17) is 20.8 Å². The third-order valence-electron chi connectivity index (χ3n) is 5.91. The van der Waals surface area contributed by atoms with Crippen molar-refractivity contribution in [2.45, 2.75) is 19.0 Å². The van der Waals surface area contributed by atoms with E-state index in [-0.39, 0.29) is 40.0 Å². The summed E-state index contributed by atoms with van der Waals surface area (Å²) in [5.41, 5.74) is -3.54. The Hall–Kier alpha value is -3.99. The fourth-order valence-corrected chi connectivity index (χ4v) is 4.52. The molecule has 12 heteroatoms. The number of aryl methyl sites for hydroxylation is 1. The largest absolute Gasteiger partial charge is 0.488 e. The molecule has 0 unspecified atom stereocenters. The third kappa shape index (κ3) is 4.47. The molecule has 0 fully saturated rings. The Labute approximate surface area is 214 Å². The number of benzene rings is 3. The molecule has 0 aliphatic carbocycles. The van der Waals surface area contributed by atoms with E-state index in [1.165, 1.54) is 25.2 Å². The second-order valence-electron chi connectivity index (χ2n) is 8.36. The van der Waals surface area contributed by atoms with Crippen molar-refractivity contribution in [3.05, 3.63) is 92.9 Å². The van der Waals surface area contributed by atoms with Crippen molar-refractivity contribution in [3.8, 4) is 17.0 Å². The second-order valence-corrected chi connectivity index (χ2v) is 8.77. The number of hydrogen-bond acceptors (Lipinski definition) is 4. The van der Waals surface area contributed by atoms with E-state index in [1.807, 2.05) is 0 Å². The van der Waals surface area contributed by atoms with Gasteiger partial charge in [-0.2, -0.15) is 31.4 Å². The number of halogens is 7. The van der Waals surface area contributed by atoms with Gasteiger partial charge in [-0.3, -0.25) is 4.68 Å². The molecule has 0 radical (unpaired) electrons. The highest BCUT2D eigenvalue weighted by Gasteiger charge is 2.38. The van der Waals surface area contributed by atoms with Crippen molar-refractivity contribution in [1.82, 2.24) is 9.78 Å². The van der Waals surface area contributed by atoms with Crippen molar-refractivity contribution >= 4 is 33.3 Å². The normalized spacial score (nSPS) is 12.4. The molecule has 2 aromatic heterocycles. The SMILES string of the molecule is Cn1nc(C(F)(F)F)cc1-c1ccc(OCc2ccccc2)c2c1oc(=O)c1c(C(F)(F)F)c(Cl)ccc12. The van der Waals surface area contributed by atoms with Crippen LogP contribution in [-0.2, 0) is 26.0 Å². The summed E-state index contributed by atoms with van der Waals surface area (Å²) < 4.78 is 93.9. The highest BCUT2D eigenvalue weighted by Crippen LogP contribution is 2.44. The Morgan fingerprint density at radius 3 is 2.29 bits per heavy atom. The fourth-order valence-electron chi connectivity index (χ4n) is 4.26. The van der Waals surface area contributed by atoms with Crippen LogP contribution in [0.2, 0.25) is 5.02 Å². The molecule has 0 amide bonds. The zero-order chi connectivity index (χ0) is 27.4. The van der Waals surface area contributed by atoms with Gasteiger partial charge < -0.3 is 9.15 Å². The molecule has 0 spiro atoms. The van der Waals surface area contributed by atoms with Gasteiger partial charge in [0.15, 0.2) is 11.3 Å². The van der Waals surface area contributed by atoms with E-state index in [0.29, 0.717) is 0 Å². The molecule has 196 valence electrons.